The zero-order valence-corrected chi connectivity index (χ0v) is 12.4. The molecule has 0 radical (unpaired) electrons. The van der Waals surface area contributed by atoms with Gasteiger partial charge >= 0.3 is 0 Å². The SMILES string of the molecule is OC(CNCc1cn[nH]c1-c1ccc(F)cc1)c1ccncc1. The molecule has 0 saturated carbocycles. The van der Waals surface area contributed by atoms with E-state index in [2.05, 4.69) is 20.5 Å². The van der Waals surface area contributed by atoms with Gasteiger partial charge in [0.25, 0.3) is 0 Å². The standard InChI is InChI=1S/C17H17FN4O/c18-15-3-1-13(2-4-15)17-14(10-21-22-17)9-20-11-16(23)12-5-7-19-8-6-12/h1-8,10,16,20,23H,9,11H2,(H,21,22). The molecule has 0 spiro atoms. The number of aliphatic hydroxyl groups excluding tert-OH is 1. The van der Waals surface area contributed by atoms with E-state index in [-0.39, 0.29) is 5.82 Å². The van der Waals surface area contributed by atoms with Crippen LogP contribution in [0.3, 0.4) is 0 Å². The van der Waals surface area contributed by atoms with Crippen LogP contribution in [0, 0.1) is 5.82 Å². The van der Waals surface area contributed by atoms with Crippen LogP contribution >= 0.6 is 0 Å². The summed E-state index contributed by atoms with van der Waals surface area (Å²) in [5, 5.41) is 20.3. The Labute approximate surface area is 133 Å². The second kappa shape index (κ2) is 7.13. The Morgan fingerprint density at radius 1 is 1.13 bits per heavy atom. The topological polar surface area (TPSA) is 73.8 Å². The molecule has 0 amide bonds. The fourth-order valence-electron chi connectivity index (χ4n) is 2.36. The zero-order valence-electron chi connectivity index (χ0n) is 12.4. The van der Waals surface area contributed by atoms with Gasteiger partial charge < -0.3 is 10.4 Å². The molecule has 1 unspecified atom stereocenters. The van der Waals surface area contributed by atoms with Crippen LogP contribution in [0.15, 0.2) is 55.0 Å². The summed E-state index contributed by atoms with van der Waals surface area (Å²) in [5.41, 5.74) is 3.49. The molecule has 6 heteroatoms. The fraction of sp³-hybridized carbons (Fsp3) is 0.176. The maximum Gasteiger partial charge on any atom is 0.123 e. The predicted molar refractivity (Wildman–Crippen MR) is 84.9 cm³/mol. The van der Waals surface area contributed by atoms with E-state index in [1.165, 1.54) is 12.1 Å². The first kappa shape index (κ1) is 15.3. The Morgan fingerprint density at radius 3 is 2.61 bits per heavy atom. The third-order valence-corrected chi connectivity index (χ3v) is 3.59. The third-order valence-electron chi connectivity index (χ3n) is 3.59. The summed E-state index contributed by atoms with van der Waals surface area (Å²) in [4.78, 5) is 3.93. The van der Waals surface area contributed by atoms with Gasteiger partial charge in [0.05, 0.1) is 18.0 Å². The van der Waals surface area contributed by atoms with E-state index in [0.717, 1.165) is 22.4 Å². The Kier molecular flexibility index (Phi) is 4.75. The predicted octanol–water partition coefficient (Wildman–Crippen LogP) is 2.43. The smallest absolute Gasteiger partial charge is 0.123 e. The molecular weight excluding hydrogens is 295 g/mol. The highest BCUT2D eigenvalue weighted by Gasteiger charge is 2.10. The monoisotopic (exact) mass is 312 g/mol. The van der Waals surface area contributed by atoms with Gasteiger partial charge in [-0.15, -0.1) is 0 Å². The summed E-state index contributed by atoms with van der Waals surface area (Å²) in [6.45, 7) is 0.962. The molecule has 23 heavy (non-hydrogen) atoms. The quantitative estimate of drug-likeness (QED) is 0.653. The van der Waals surface area contributed by atoms with Crippen LogP contribution in [0.5, 0.6) is 0 Å². The van der Waals surface area contributed by atoms with Gasteiger partial charge in [-0.1, -0.05) is 0 Å². The van der Waals surface area contributed by atoms with Crippen LogP contribution < -0.4 is 5.32 Å². The third kappa shape index (κ3) is 3.80. The number of aromatic nitrogens is 3. The van der Waals surface area contributed by atoms with Gasteiger partial charge in [-0.2, -0.15) is 5.10 Å². The van der Waals surface area contributed by atoms with Crippen molar-refractivity contribution in [2.75, 3.05) is 6.54 Å². The average molecular weight is 312 g/mol. The van der Waals surface area contributed by atoms with Gasteiger partial charge in [0.1, 0.15) is 5.82 Å². The first-order valence-corrected chi connectivity index (χ1v) is 7.31. The van der Waals surface area contributed by atoms with Gasteiger partial charge in [0.2, 0.25) is 0 Å². The lowest BCUT2D eigenvalue weighted by molar-refractivity contribution is 0.174. The summed E-state index contributed by atoms with van der Waals surface area (Å²) in [7, 11) is 0. The number of nitrogens with zero attached hydrogens (tertiary/aromatic N) is 2. The molecule has 0 aliphatic rings. The number of aliphatic hydroxyl groups is 1. The maximum atomic E-state index is 13.0. The lowest BCUT2D eigenvalue weighted by Gasteiger charge is -2.12. The van der Waals surface area contributed by atoms with E-state index >= 15 is 0 Å². The molecule has 1 atom stereocenters. The molecule has 5 nitrogen and oxygen atoms in total. The van der Waals surface area contributed by atoms with Gasteiger partial charge in [0.15, 0.2) is 0 Å². The Balaban J connectivity index is 1.61. The summed E-state index contributed by atoms with van der Waals surface area (Å²) in [6.07, 6.45) is 4.44. The number of aromatic amines is 1. The number of pyridine rings is 1. The van der Waals surface area contributed by atoms with Gasteiger partial charge in [-0.3, -0.25) is 10.1 Å². The maximum absolute atomic E-state index is 13.0. The van der Waals surface area contributed by atoms with E-state index in [4.69, 9.17) is 0 Å². The molecule has 2 heterocycles. The lowest BCUT2D eigenvalue weighted by Crippen LogP contribution is -2.21. The van der Waals surface area contributed by atoms with Gasteiger partial charge in [-0.25, -0.2) is 4.39 Å². The van der Waals surface area contributed by atoms with E-state index in [1.807, 2.05) is 0 Å². The number of nitrogens with one attached hydrogen (secondary N) is 2. The molecule has 3 aromatic rings. The van der Waals surface area contributed by atoms with Crippen LogP contribution in [-0.2, 0) is 6.54 Å². The van der Waals surface area contributed by atoms with Crippen molar-refractivity contribution in [2.24, 2.45) is 0 Å². The molecule has 0 fully saturated rings. The Bertz CT molecular complexity index is 743. The van der Waals surface area contributed by atoms with Gasteiger partial charge in [0, 0.05) is 36.6 Å². The van der Waals surface area contributed by atoms with E-state index in [0.29, 0.717) is 13.1 Å². The Hall–Kier alpha value is -2.57. The Morgan fingerprint density at radius 2 is 1.87 bits per heavy atom. The van der Waals surface area contributed by atoms with Crippen molar-refractivity contribution in [1.29, 1.82) is 0 Å². The molecule has 3 N–H and O–H groups in total. The molecule has 2 aromatic heterocycles. The molecule has 0 aliphatic heterocycles. The first-order valence-electron chi connectivity index (χ1n) is 7.31. The second-order valence-corrected chi connectivity index (χ2v) is 5.20. The van der Waals surface area contributed by atoms with E-state index in [9.17, 15) is 9.50 Å². The van der Waals surface area contributed by atoms with Crippen LogP contribution in [-0.4, -0.2) is 26.8 Å². The van der Waals surface area contributed by atoms with Crippen LogP contribution in [0.1, 0.15) is 17.2 Å². The van der Waals surface area contributed by atoms with Crippen molar-refractivity contribution in [2.45, 2.75) is 12.6 Å². The number of hydrogen-bond donors (Lipinski definition) is 3. The molecule has 3 rings (SSSR count). The minimum atomic E-state index is -0.598. The molecule has 0 bridgehead atoms. The van der Waals surface area contributed by atoms with Gasteiger partial charge in [-0.05, 0) is 42.0 Å². The zero-order chi connectivity index (χ0) is 16.1. The summed E-state index contributed by atoms with van der Waals surface area (Å²) in [6, 6.07) is 9.82. The molecule has 118 valence electrons. The lowest BCUT2D eigenvalue weighted by atomic mass is 10.1. The highest BCUT2D eigenvalue weighted by Crippen LogP contribution is 2.21. The molecule has 1 aromatic carbocycles. The van der Waals surface area contributed by atoms with E-state index in [1.54, 1.807) is 42.9 Å². The van der Waals surface area contributed by atoms with Crippen molar-refractivity contribution < 1.29 is 9.50 Å². The van der Waals surface area contributed by atoms with Crippen molar-refractivity contribution in [3.05, 3.63) is 71.9 Å². The highest BCUT2D eigenvalue weighted by molar-refractivity contribution is 5.62. The number of H-pyrrole nitrogens is 1. The number of rotatable bonds is 6. The van der Waals surface area contributed by atoms with Crippen molar-refractivity contribution in [3.63, 3.8) is 0 Å². The summed E-state index contributed by atoms with van der Waals surface area (Å²) >= 11 is 0. The number of halogens is 1. The largest absolute Gasteiger partial charge is 0.387 e. The van der Waals surface area contributed by atoms with Crippen LogP contribution in [0.4, 0.5) is 4.39 Å². The first-order chi connectivity index (χ1) is 11.2. The fourth-order valence-corrected chi connectivity index (χ4v) is 2.36. The van der Waals surface area contributed by atoms with Crippen molar-refractivity contribution in [3.8, 4) is 11.3 Å². The van der Waals surface area contributed by atoms with Crippen LogP contribution in [0.25, 0.3) is 11.3 Å². The molecular formula is C17H17FN4O. The van der Waals surface area contributed by atoms with E-state index < -0.39 is 6.10 Å². The highest BCUT2D eigenvalue weighted by atomic mass is 19.1. The number of benzene rings is 1. The van der Waals surface area contributed by atoms with Crippen molar-refractivity contribution >= 4 is 0 Å². The molecule has 0 aliphatic carbocycles. The normalized spacial score (nSPS) is 12.3. The summed E-state index contributed by atoms with van der Waals surface area (Å²) < 4.78 is 13.0. The minimum Gasteiger partial charge on any atom is -0.387 e. The average Bonchev–Trinajstić information content (AvgIpc) is 3.05. The minimum absolute atomic E-state index is 0.270. The second-order valence-electron chi connectivity index (χ2n) is 5.20. The molecule has 0 saturated heterocycles. The van der Waals surface area contributed by atoms with Crippen molar-refractivity contribution in [1.82, 2.24) is 20.5 Å². The summed E-state index contributed by atoms with van der Waals surface area (Å²) in [5.74, 6) is -0.270. The number of hydrogen-bond acceptors (Lipinski definition) is 4. The van der Waals surface area contributed by atoms with Crippen LogP contribution in [0.2, 0.25) is 0 Å².